The average molecular weight is 225 g/mol. The summed E-state index contributed by atoms with van der Waals surface area (Å²) in [4.78, 5) is 30.8. The zero-order valence-corrected chi connectivity index (χ0v) is 7.95. The van der Waals surface area contributed by atoms with Crippen molar-refractivity contribution in [1.82, 2.24) is 0 Å². The number of carboxylic acid groups (broad SMARTS) is 1. The van der Waals surface area contributed by atoms with Gasteiger partial charge in [0.2, 0.25) is 0 Å². The van der Waals surface area contributed by atoms with Gasteiger partial charge in [-0.3, -0.25) is 19.7 Å². The molecule has 0 saturated heterocycles. The van der Waals surface area contributed by atoms with Crippen LogP contribution in [0.2, 0.25) is 0 Å². The van der Waals surface area contributed by atoms with Gasteiger partial charge in [-0.25, -0.2) is 0 Å². The van der Waals surface area contributed by atoms with E-state index in [0.717, 1.165) is 6.07 Å². The normalized spacial score (nSPS) is 9.50. The number of esters is 1. The topological polar surface area (TPSA) is 107 Å². The van der Waals surface area contributed by atoms with Crippen LogP contribution in [0.15, 0.2) is 24.3 Å². The minimum Gasteiger partial charge on any atom is -0.481 e. The molecule has 0 bridgehead atoms. The first-order chi connectivity index (χ1) is 7.49. The Morgan fingerprint density at radius 2 is 2.12 bits per heavy atom. The summed E-state index contributed by atoms with van der Waals surface area (Å²) < 4.78 is 4.59. The van der Waals surface area contributed by atoms with Gasteiger partial charge in [-0.05, 0) is 6.07 Å². The van der Waals surface area contributed by atoms with E-state index >= 15 is 0 Å². The van der Waals surface area contributed by atoms with E-state index in [9.17, 15) is 19.7 Å². The van der Waals surface area contributed by atoms with Crippen molar-refractivity contribution >= 4 is 17.6 Å². The third kappa shape index (κ3) is 3.37. The molecule has 0 saturated carbocycles. The van der Waals surface area contributed by atoms with Gasteiger partial charge in [-0.15, -0.1) is 0 Å². The highest BCUT2D eigenvalue weighted by Gasteiger charge is 2.12. The first kappa shape index (κ1) is 11.6. The first-order valence-electron chi connectivity index (χ1n) is 4.16. The smallest absolute Gasteiger partial charge is 0.322 e. The molecule has 1 aromatic rings. The number of benzene rings is 1. The highest BCUT2D eigenvalue weighted by molar-refractivity contribution is 5.91. The van der Waals surface area contributed by atoms with Crippen molar-refractivity contribution in [2.24, 2.45) is 0 Å². The van der Waals surface area contributed by atoms with E-state index in [1.807, 2.05) is 0 Å². The van der Waals surface area contributed by atoms with Crippen molar-refractivity contribution in [1.29, 1.82) is 0 Å². The number of carbonyl (C=O) groups is 2. The summed E-state index contributed by atoms with van der Waals surface area (Å²) in [5, 5.41) is 18.7. The van der Waals surface area contributed by atoms with E-state index < -0.39 is 23.3 Å². The molecule has 0 aromatic heterocycles. The molecule has 0 radical (unpaired) electrons. The van der Waals surface area contributed by atoms with Crippen molar-refractivity contribution in [2.75, 3.05) is 0 Å². The molecule has 0 spiro atoms. The van der Waals surface area contributed by atoms with Gasteiger partial charge in [-0.2, -0.15) is 0 Å². The van der Waals surface area contributed by atoms with Gasteiger partial charge in [0.15, 0.2) is 0 Å². The number of aliphatic carboxylic acids is 1. The lowest BCUT2D eigenvalue weighted by Crippen LogP contribution is -2.13. The SMILES string of the molecule is O=C(O)CC(=O)Oc1cccc([N+](=O)[O-])c1. The predicted molar refractivity (Wildman–Crippen MR) is 51.0 cm³/mol. The van der Waals surface area contributed by atoms with Crippen LogP contribution in [0, 0.1) is 10.1 Å². The molecule has 0 aliphatic carbocycles. The molecule has 7 heteroatoms. The van der Waals surface area contributed by atoms with Crippen molar-refractivity contribution in [2.45, 2.75) is 6.42 Å². The molecule has 1 N–H and O–H groups in total. The van der Waals surface area contributed by atoms with Crippen LogP contribution < -0.4 is 4.74 Å². The van der Waals surface area contributed by atoms with Crippen molar-refractivity contribution < 1.29 is 24.4 Å². The van der Waals surface area contributed by atoms with Gasteiger partial charge in [0.1, 0.15) is 12.2 Å². The van der Waals surface area contributed by atoms with Gasteiger partial charge in [0.25, 0.3) is 5.69 Å². The molecule has 0 unspecified atom stereocenters. The summed E-state index contributed by atoms with van der Waals surface area (Å²) >= 11 is 0. The molecule has 16 heavy (non-hydrogen) atoms. The number of nitrogens with zero attached hydrogens (tertiary/aromatic N) is 1. The zero-order chi connectivity index (χ0) is 12.1. The van der Waals surface area contributed by atoms with Crippen LogP contribution in [0.3, 0.4) is 0 Å². The molecule has 84 valence electrons. The number of hydrogen-bond acceptors (Lipinski definition) is 5. The van der Waals surface area contributed by atoms with Crippen molar-refractivity contribution in [3.63, 3.8) is 0 Å². The highest BCUT2D eigenvalue weighted by Crippen LogP contribution is 2.19. The molecule has 1 aromatic carbocycles. The summed E-state index contributed by atoms with van der Waals surface area (Å²) in [6.07, 6.45) is -0.789. The lowest BCUT2D eigenvalue weighted by Gasteiger charge is -2.01. The van der Waals surface area contributed by atoms with Gasteiger partial charge < -0.3 is 9.84 Å². The Bertz CT molecular complexity index is 441. The van der Waals surface area contributed by atoms with Gasteiger partial charge in [0, 0.05) is 6.07 Å². The number of non-ortho nitro benzene ring substituents is 1. The number of carbonyl (C=O) groups excluding carboxylic acids is 1. The zero-order valence-electron chi connectivity index (χ0n) is 7.95. The number of carboxylic acids is 1. The molecular weight excluding hydrogens is 218 g/mol. The van der Waals surface area contributed by atoms with E-state index in [4.69, 9.17) is 5.11 Å². The summed E-state index contributed by atoms with van der Waals surface area (Å²) in [5.74, 6) is -2.36. The van der Waals surface area contributed by atoms with Gasteiger partial charge in [-0.1, -0.05) is 6.07 Å². The standard InChI is InChI=1S/C9H7NO6/c11-8(12)5-9(13)16-7-3-1-2-6(4-7)10(14)15/h1-4H,5H2,(H,11,12). The van der Waals surface area contributed by atoms with E-state index in [1.54, 1.807) is 0 Å². The first-order valence-corrected chi connectivity index (χ1v) is 4.16. The Hall–Kier alpha value is -2.44. The van der Waals surface area contributed by atoms with E-state index in [-0.39, 0.29) is 11.4 Å². The van der Waals surface area contributed by atoms with Crippen LogP contribution in [0.5, 0.6) is 5.75 Å². The van der Waals surface area contributed by atoms with Gasteiger partial charge >= 0.3 is 11.9 Å². The average Bonchev–Trinajstić information content (AvgIpc) is 2.16. The van der Waals surface area contributed by atoms with Crippen LogP contribution in [-0.4, -0.2) is 22.0 Å². The Morgan fingerprint density at radius 3 is 2.69 bits per heavy atom. The predicted octanol–water partition coefficient (Wildman–Crippen LogP) is 0.975. The fraction of sp³-hybridized carbons (Fsp3) is 0.111. The summed E-state index contributed by atoms with van der Waals surface area (Å²) in [5.41, 5.74) is -0.236. The second-order valence-electron chi connectivity index (χ2n) is 2.80. The minimum atomic E-state index is -1.32. The quantitative estimate of drug-likeness (QED) is 0.269. The molecule has 1 rings (SSSR count). The molecule has 7 nitrogen and oxygen atoms in total. The maximum Gasteiger partial charge on any atom is 0.322 e. The van der Waals surface area contributed by atoms with Crippen LogP contribution in [0.25, 0.3) is 0 Å². The minimum absolute atomic E-state index is 0.0551. The van der Waals surface area contributed by atoms with Crippen LogP contribution >= 0.6 is 0 Å². The molecule has 0 fully saturated rings. The number of ether oxygens (including phenoxy) is 1. The fourth-order valence-electron chi connectivity index (χ4n) is 0.952. The van der Waals surface area contributed by atoms with E-state index in [0.29, 0.717) is 0 Å². The summed E-state index contributed by atoms with van der Waals surface area (Å²) in [6.45, 7) is 0. The van der Waals surface area contributed by atoms with E-state index in [2.05, 4.69) is 4.74 Å². The molecule has 0 amide bonds. The Balaban J connectivity index is 2.74. The number of rotatable bonds is 4. The second kappa shape index (κ2) is 4.87. The monoisotopic (exact) mass is 225 g/mol. The molecule has 0 heterocycles. The Labute approximate surface area is 89.4 Å². The third-order valence-electron chi connectivity index (χ3n) is 1.56. The third-order valence-corrected chi connectivity index (χ3v) is 1.56. The summed E-state index contributed by atoms with van der Waals surface area (Å²) in [6, 6.07) is 4.93. The Kier molecular flexibility index (Phi) is 3.54. The number of nitro benzene ring substituents is 1. The second-order valence-corrected chi connectivity index (χ2v) is 2.80. The molecule has 0 aliphatic rings. The maximum atomic E-state index is 10.9. The molecule has 0 atom stereocenters. The number of hydrogen-bond donors (Lipinski definition) is 1. The van der Waals surface area contributed by atoms with Crippen LogP contribution in [0.1, 0.15) is 6.42 Å². The van der Waals surface area contributed by atoms with Gasteiger partial charge in [0.05, 0.1) is 11.0 Å². The Morgan fingerprint density at radius 1 is 1.44 bits per heavy atom. The van der Waals surface area contributed by atoms with Crippen LogP contribution in [-0.2, 0) is 9.59 Å². The lowest BCUT2D eigenvalue weighted by atomic mass is 10.3. The summed E-state index contributed by atoms with van der Waals surface area (Å²) in [7, 11) is 0. The highest BCUT2D eigenvalue weighted by atomic mass is 16.6. The largest absolute Gasteiger partial charge is 0.481 e. The van der Waals surface area contributed by atoms with E-state index in [1.165, 1.54) is 18.2 Å². The van der Waals surface area contributed by atoms with Crippen LogP contribution in [0.4, 0.5) is 5.69 Å². The number of nitro groups is 1. The maximum absolute atomic E-state index is 10.9. The lowest BCUT2D eigenvalue weighted by molar-refractivity contribution is -0.384. The van der Waals surface area contributed by atoms with Crippen molar-refractivity contribution in [3.8, 4) is 5.75 Å². The van der Waals surface area contributed by atoms with Crippen molar-refractivity contribution in [3.05, 3.63) is 34.4 Å². The molecular formula is C9H7NO6. The fourth-order valence-corrected chi connectivity index (χ4v) is 0.952. The molecule has 0 aliphatic heterocycles.